The zero-order chi connectivity index (χ0) is 36.9. The highest BCUT2D eigenvalue weighted by Crippen LogP contribution is 2.32. The lowest BCUT2D eigenvalue weighted by Crippen LogP contribution is -2.06. The van der Waals surface area contributed by atoms with Crippen molar-refractivity contribution < 1.29 is 28.5 Å². The van der Waals surface area contributed by atoms with Gasteiger partial charge >= 0.3 is 0 Å². The van der Waals surface area contributed by atoms with E-state index in [9.17, 15) is 9.59 Å². The van der Waals surface area contributed by atoms with Gasteiger partial charge in [0, 0.05) is 42.5 Å². The van der Waals surface area contributed by atoms with E-state index in [0.29, 0.717) is 35.5 Å². The first-order valence-corrected chi connectivity index (χ1v) is 16.4. The predicted molar refractivity (Wildman–Crippen MR) is 198 cm³/mol. The van der Waals surface area contributed by atoms with Gasteiger partial charge in [0.05, 0.1) is 11.1 Å². The summed E-state index contributed by atoms with van der Waals surface area (Å²) in [6.45, 7) is 12.5. The molecule has 5 rings (SSSR count). The molecule has 0 saturated heterocycles. The molecular weight excluding hydrogens is 658 g/mol. The number of allylic oxidation sites excluding steroid dienone is 1. The molecule has 0 spiro atoms. The van der Waals surface area contributed by atoms with Crippen LogP contribution in [0.15, 0.2) is 108 Å². The van der Waals surface area contributed by atoms with Gasteiger partial charge in [0.1, 0.15) is 32.8 Å². The minimum absolute atomic E-state index is 0.158. The van der Waals surface area contributed by atoms with Crippen LogP contribution in [0.25, 0.3) is 11.1 Å². The zero-order valence-electron chi connectivity index (χ0n) is 29.5. The molecule has 5 aromatic rings. The third-order valence-corrected chi connectivity index (χ3v) is 7.93. The van der Waals surface area contributed by atoms with Gasteiger partial charge in [-0.2, -0.15) is 9.97 Å². The molecule has 0 amide bonds. The molecule has 0 fully saturated rings. The molecule has 3 heterocycles. The highest BCUT2D eigenvalue weighted by molar-refractivity contribution is 5.79. The van der Waals surface area contributed by atoms with Crippen molar-refractivity contribution in [3.8, 4) is 34.6 Å². The number of nitrogens with zero attached hydrogens (tertiary/aromatic N) is 5. The van der Waals surface area contributed by atoms with Crippen molar-refractivity contribution in [3.05, 3.63) is 142 Å². The molecule has 11 nitrogen and oxygen atoms in total. The van der Waals surface area contributed by atoms with E-state index in [1.54, 1.807) is 49.1 Å². The second-order valence-electron chi connectivity index (χ2n) is 12.0. The van der Waals surface area contributed by atoms with E-state index >= 15 is 0 Å². The van der Waals surface area contributed by atoms with Crippen LogP contribution in [0.1, 0.15) is 62.4 Å². The van der Waals surface area contributed by atoms with Crippen LogP contribution in [0.4, 0.5) is 0 Å². The Morgan fingerprint density at radius 1 is 0.712 bits per heavy atom. The number of ether oxygens (including phenoxy) is 4. The molecule has 2 aromatic carbocycles. The number of rotatable bonds is 17. The average molecular weight is 698 g/mol. The molecule has 11 heteroatoms. The first kappa shape index (κ1) is 36.8. The number of hydrogen-bond donors (Lipinski definition) is 0. The Kier molecular flexibility index (Phi) is 12.7. The molecule has 0 unspecified atom stereocenters. The number of carbonyl (C=O) groups excluding carboxylic acids is 2. The van der Waals surface area contributed by atoms with Crippen molar-refractivity contribution in [3.63, 3.8) is 0 Å². The molecule has 0 aliphatic heterocycles. The summed E-state index contributed by atoms with van der Waals surface area (Å²) in [6, 6.07) is 18.7. The molecule has 0 atom stereocenters. The first-order valence-electron chi connectivity index (χ1n) is 16.4. The molecule has 0 N–H and O–H groups in total. The molecule has 0 saturated carbocycles. The van der Waals surface area contributed by atoms with E-state index in [0.717, 1.165) is 50.1 Å². The summed E-state index contributed by atoms with van der Waals surface area (Å²) in [5.74, 6) is 1.01. The van der Waals surface area contributed by atoms with Gasteiger partial charge in [-0.25, -0.2) is 9.97 Å². The maximum atomic E-state index is 11.7. The Labute approximate surface area is 302 Å². The lowest BCUT2D eigenvalue weighted by molar-refractivity contribution is 0.111. The number of carbonyl (C=O) groups is 2. The van der Waals surface area contributed by atoms with Gasteiger partial charge in [0.15, 0.2) is 12.6 Å². The molecule has 52 heavy (non-hydrogen) atoms. The molecule has 0 radical (unpaired) electrons. The summed E-state index contributed by atoms with van der Waals surface area (Å²) in [7, 11) is 0. The summed E-state index contributed by atoms with van der Waals surface area (Å²) >= 11 is 0. The number of aliphatic imine (C=N–C) groups is 1. The highest BCUT2D eigenvalue weighted by Gasteiger charge is 2.14. The lowest BCUT2D eigenvalue weighted by atomic mass is 9.92. The minimum atomic E-state index is 0.158. The van der Waals surface area contributed by atoms with Crippen LogP contribution in [0, 0.1) is 13.8 Å². The van der Waals surface area contributed by atoms with Crippen LogP contribution in [-0.4, -0.2) is 45.3 Å². The normalized spacial score (nSPS) is 11.3. The van der Waals surface area contributed by atoms with Crippen molar-refractivity contribution in [1.29, 1.82) is 0 Å². The van der Waals surface area contributed by atoms with E-state index in [4.69, 9.17) is 18.9 Å². The van der Waals surface area contributed by atoms with Crippen molar-refractivity contribution in [2.45, 2.75) is 47.5 Å². The van der Waals surface area contributed by atoms with Crippen LogP contribution in [0.3, 0.4) is 0 Å². The summed E-state index contributed by atoms with van der Waals surface area (Å²) in [5, 5.41) is 0. The van der Waals surface area contributed by atoms with Gasteiger partial charge in [0.25, 0.3) is 0 Å². The van der Waals surface area contributed by atoms with Crippen LogP contribution >= 0.6 is 0 Å². The molecule has 0 bridgehead atoms. The number of pyridine rings is 2. The summed E-state index contributed by atoms with van der Waals surface area (Å²) in [5.41, 5.74) is 9.23. The Morgan fingerprint density at radius 3 is 1.77 bits per heavy atom. The third kappa shape index (κ3) is 9.81. The second kappa shape index (κ2) is 18.0. The van der Waals surface area contributed by atoms with Gasteiger partial charge in [-0.05, 0) is 84.4 Å². The molecule has 264 valence electrons. The highest BCUT2D eigenvalue weighted by atomic mass is 16.5. The van der Waals surface area contributed by atoms with E-state index in [1.165, 1.54) is 6.33 Å². The van der Waals surface area contributed by atoms with Gasteiger partial charge < -0.3 is 18.9 Å². The fourth-order valence-electron chi connectivity index (χ4n) is 5.07. The van der Waals surface area contributed by atoms with E-state index in [1.807, 2.05) is 38.1 Å². The van der Waals surface area contributed by atoms with Crippen molar-refractivity contribution in [1.82, 2.24) is 19.9 Å². The Balaban J connectivity index is 1.26. The van der Waals surface area contributed by atoms with Crippen molar-refractivity contribution in [2.75, 3.05) is 6.61 Å². The van der Waals surface area contributed by atoms with E-state index in [2.05, 4.69) is 57.5 Å². The number of aromatic nitrogens is 4. The minimum Gasteiger partial charge on any atom is -0.473 e. The van der Waals surface area contributed by atoms with E-state index in [-0.39, 0.29) is 38.2 Å². The zero-order valence-corrected chi connectivity index (χ0v) is 29.5. The van der Waals surface area contributed by atoms with Gasteiger partial charge in [-0.15, -0.1) is 0 Å². The van der Waals surface area contributed by atoms with Crippen molar-refractivity contribution >= 4 is 18.8 Å². The molecular formula is C41H39N5O6. The summed E-state index contributed by atoms with van der Waals surface area (Å²) < 4.78 is 23.8. The van der Waals surface area contributed by atoms with Crippen LogP contribution in [-0.2, 0) is 19.8 Å². The second-order valence-corrected chi connectivity index (χ2v) is 12.0. The monoisotopic (exact) mass is 697 g/mol. The van der Waals surface area contributed by atoms with Gasteiger partial charge in [0.2, 0.25) is 23.5 Å². The maximum absolute atomic E-state index is 11.7. The molecule has 3 aromatic heterocycles. The fourth-order valence-corrected chi connectivity index (χ4v) is 5.07. The van der Waals surface area contributed by atoms with Crippen molar-refractivity contribution in [2.24, 2.45) is 4.99 Å². The molecule has 0 aliphatic carbocycles. The third-order valence-electron chi connectivity index (χ3n) is 7.93. The number of aldehydes is 2. The average Bonchev–Trinajstić information content (AvgIpc) is 3.16. The van der Waals surface area contributed by atoms with Crippen LogP contribution in [0.5, 0.6) is 23.5 Å². The Hall–Kier alpha value is -6.49. The Morgan fingerprint density at radius 2 is 1.25 bits per heavy atom. The lowest BCUT2D eigenvalue weighted by Gasteiger charge is -2.17. The smallest absolute Gasteiger partial charge is 0.227 e. The van der Waals surface area contributed by atoms with Crippen LogP contribution in [0.2, 0.25) is 0 Å². The largest absolute Gasteiger partial charge is 0.473 e. The first-order chi connectivity index (χ1) is 25.2. The number of hydrogen-bond acceptors (Lipinski definition) is 11. The summed E-state index contributed by atoms with van der Waals surface area (Å²) in [6.07, 6.45) is 9.44. The Bertz CT molecular complexity index is 2110. The van der Waals surface area contributed by atoms with Crippen LogP contribution < -0.4 is 18.9 Å². The number of benzene rings is 2. The maximum Gasteiger partial charge on any atom is 0.227 e. The van der Waals surface area contributed by atoms with Gasteiger partial charge in [-0.3, -0.25) is 14.6 Å². The summed E-state index contributed by atoms with van der Waals surface area (Å²) in [4.78, 5) is 44.3. The van der Waals surface area contributed by atoms with E-state index < -0.39 is 0 Å². The predicted octanol–water partition coefficient (Wildman–Crippen LogP) is 7.84. The quantitative estimate of drug-likeness (QED) is 0.0698. The SMILES string of the molecule is C=C(C)C=N/C=C(\C)COc1nc(OCc2cccc(-c3cccc(COc4ccc(C=O)c(OCc5cncnc5)n4)c3C)c2C)ccc1C=O. The van der Waals surface area contributed by atoms with Gasteiger partial charge in [-0.1, -0.05) is 43.0 Å². The standard InChI is InChI=1S/C41H39N5O6/c1-27(2)16-42-17-28(3)22-51-40-32(20-47)12-14-38(45-40)49-24-34-8-6-10-36(29(34)4)37-11-7-9-35(30(37)5)25-50-39-15-13-33(21-48)41(46-39)52-23-31-18-43-26-44-19-31/h6-21,26H,1,22-25H2,2-5H3/b28-17+,42-16?. The topological polar surface area (TPSA) is 135 Å². The molecule has 0 aliphatic rings. The fraction of sp³-hybridized carbons (Fsp3) is 0.195.